The van der Waals surface area contributed by atoms with Crippen LogP contribution in [0.3, 0.4) is 0 Å². The predicted octanol–water partition coefficient (Wildman–Crippen LogP) is 23.6. The lowest BCUT2D eigenvalue weighted by Gasteiger charge is -2.23. The van der Waals surface area contributed by atoms with E-state index in [2.05, 4.69) is 0 Å². The fraction of sp³-hybridized carbons (Fsp3) is 0.577. The highest BCUT2D eigenvalue weighted by Crippen LogP contribution is 2.47. The van der Waals surface area contributed by atoms with Crippen molar-refractivity contribution in [2.45, 2.75) is 302 Å². The molecule has 0 amide bonds. The van der Waals surface area contributed by atoms with E-state index in [0.717, 1.165) is 170 Å². The molecule has 24 atom stereocenters. The topological polar surface area (TPSA) is 348 Å². The molecule has 12 rings (SSSR count). The van der Waals surface area contributed by atoms with Crippen molar-refractivity contribution >= 4 is 208 Å². The molecule has 4 aliphatic rings. The Bertz CT molecular complexity index is 4410. The van der Waals surface area contributed by atoms with Crippen molar-refractivity contribution in [2.24, 2.45) is 47.3 Å². The zero-order valence-corrected chi connectivity index (χ0v) is 91.2. The zero-order chi connectivity index (χ0) is 102. The van der Waals surface area contributed by atoms with Gasteiger partial charge in [0, 0.05) is 81.2 Å². The van der Waals surface area contributed by atoms with Crippen LogP contribution in [0.1, 0.15) is 237 Å². The van der Waals surface area contributed by atoms with Gasteiger partial charge in [-0.25, -0.2) is 19.2 Å². The summed E-state index contributed by atoms with van der Waals surface area (Å²) in [5.74, 6) is -0.627. The number of halogens is 12. The smallest absolute Gasteiger partial charge is 0.348 e. The van der Waals surface area contributed by atoms with Crippen LogP contribution in [0.25, 0.3) is 0 Å². The molecule has 0 spiro atoms. The van der Waals surface area contributed by atoms with E-state index in [9.17, 15) is 80.5 Å². The quantitative estimate of drug-likeness (QED) is 0.00957. The summed E-state index contributed by atoms with van der Waals surface area (Å²) in [7, 11) is 0. The molecular formula is C104H132Cl12O20S4. The van der Waals surface area contributed by atoms with Crippen LogP contribution >= 0.6 is 185 Å². The van der Waals surface area contributed by atoms with Crippen molar-refractivity contribution in [3.05, 3.63) is 223 Å². The molecule has 0 saturated heterocycles. The van der Waals surface area contributed by atoms with Gasteiger partial charge in [0.05, 0.1) is 48.8 Å². The van der Waals surface area contributed by atoms with Gasteiger partial charge >= 0.3 is 23.9 Å². The van der Waals surface area contributed by atoms with Gasteiger partial charge in [-0.2, -0.15) is 0 Å². The van der Waals surface area contributed by atoms with E-state index in [-0.39, 0.29) is 95.3 Å². The van der Waals surface area contributed by atoms with Gasteiger partial charge in [-0.05, 0) is 371 Å². The summed E-state index contributed by atoms with van der Waals surface area (Å²) in [4.78, 5) is 55.2. The molecule has 0 radical (unpaired) electrons. The molecule has 4 saturated carbocycles. The number of hydrogen-bond donors (Lipinski definition) is 12. The van der Waals surface area contributed by atoms with Gasteiger partial charge in [0.25, 0.3) is 0 Å². The Morgan fingerprint density at radius 1 is 0.271 bits per heavy atom. The Morgan fingerprint density at radius 2 is 0.450 bits per heavy atom. The van der Waals surface area contributed by atoms with Crippen LogP contribution in [0.4, 0.5) is 0 Å². The number of aryl methyl sites for hydroxylation is 8. The van der Waals surface area contributed by atoms with Crippen LogP contribution in [0.2, 0.25) is 40.2 Å². The van der Waals surface area contributed by atoms with E-state index >= 15 is 0 Å². The molecule has 0 unspecified atom stereocenters. The maximum atomic E-state index is 12.2. The van der Waals surface area contributed by atoms with Crippen LogP contribution in [-0.4, -0.2) is 206 Å². The predicted molar refractivity (Wildman–Crippen MR) is 567 cm³/mol. The number of esters is 4. The summed E-state index contributed by atoms with van der Waals surface area (Å²) < 4.78 is 20.5. The molecule has 4 heterocycles. The normalized spacial score (nSPS) is 23.9. The van der Waals surface area contributed by atoms with Gasteiger partial charge in [0.1, 0.15) is 70.4 Å². The third-order valence-corrected chi connectivity index (χ3v) is 35.2. The van der Waals surface area contributed by atoms with E-state index in [1.807, 2.05) is 72.8 Å². The molecule has 20 nitrogen and oxygen atoms in total. The van der Waals surface area contributed by atoms with Gasteiger partial charge in [-0.1, -0.05) is 121 Å². The highest BCUT2D eigenvalue weighted by molar-refractivity contribution is 7.15. The van der Waals surface area contributed by atoms with Gasteiger partial charge in [-0.15, -0.1) is 91.8 Å². The minimum Gasteiger partial charge on any atom is -0.459 e. The number of aliphatic hydroxyl groups is 12. The van der Waals surface area contributed by atoms with Crippen molar-refractivity contribution in [3.8, 4) is 0 Å². The largest absolute Gasteiger partial charge is 0.459 e. The second-order valence-corrected chi connectivity index (χ2v) is 47.5. The molecule has 12 N–H and O–H groups in total. The molecule has 36 heteroatoms. The number of thiophene rings is 4. The minimum atomic E-state index is -1.09. The summed E-state index contributed by atoms with van der Waals surface area (Å²) in [5.41, 5.74) is 4.23. The van der Waals surface area contributed by atoms with Crippen molar-refractivity contribution in [1.29, 1.82) is 0 Å². The molecule has 776 valence electrons. The van der Waals surface area contributed by atoms with Crippen LogP contribution in [0, 0.1) is 47.3 Å². The summed E-state index contributed by atoms with van der Waals surface area (Å²) >= 11 is 80.9. The highest BCUT2D eigenvalue weighted by Gasteiger charge is 2.45. The number of aliphatic hydroxyl groups excluding tert-OH is 12. The van der Waals surface area contributed by atoms with E-state index in [4.69, 9.17) is 158 Å². The Balaban J connectivity index is 0.000000209. The van der Waals surface area contributed by atoms with Crippen molar-refractivity contribution < 1.29 is 99.4 Å². The monoisotopic (exact) mass is 2250 g/mol. The van der Waals surface area contributed by atoms with E-state index in [0.29, 0.717) is 111 Å². The lowest BCUT2D eigenvalue weighted by molar-refractivity contribution is -0.0281. The molecule has 4 aliphatic carbocycles. The second kappa shape index (κ2) is 61.0. The van der Waals surface area contributed by atoms with Gasteiger partial charge in [0.15, 0.2) is 0 Å². The van der Waals surface area contributed by atoms with Crippen molar-refractivity contribution in [2.75, 3.05) is 26.4 Å². The zero-order valence-electron chi connectivity index (χ0n) is 78.8. The average Bonchev–Trinajstić information content (AvgIpc) is 1.69. The summed E-state index contributed by atoms with van der Waals surface area (Å²) in [6.07, 6.45) is 11.1. The third-order valence-electron chi connectivity index (χ3n) is 26.9. The SMILES string of the molecule is CC[C@@H](O)[C@@H](O)COC(=O)c1ccc(CCC[C@@H]2[C@@H](CCc3cc(Cl)cc(Cl)c3)[C@H](O)C[C@H]2Cl)s1.CC[C@@H](O)[C@H](O)COC(=O)c1ccc(CCC[C@@H]2[C@@H](CCc3cc(Cl)cc(Cl)c3)[C@H](O)C[C@H]2Cl)s1.CC[C@H](O)[C@@H](O)COC(=O)c1ccc(CCC[C@@H]2[C@@H](CCc3cc(Cl)cc(Cl)c3)[C@H](O)C[C@H]2Cl)s1.CC[C@H](O)[C@H](O)COC(=O)c1ccc(CCC[C@@H]2[C@@H](CCc3cc(Cl)cc(Cl)c3)[C@H](O)C[C@H]2Cl)s1. The first kappa shape index (κ1) is 120. The highest BCUT2D eigenvalue weighted by atomic mass is 35.5. The number of rotatable bonds is 48. The lowest BCUT2D eigenvalue weighted by Crippen LogP contribution is -2.30. The molecule has 0 aliphatic heterocycles. The summed E-state index contributed by atoms with van der Waals surface area (Å²) in [6, 6.07) is 36.7. The van der Waals surface area contributed by atoms with Gasteiger partial charge < -0.3 is 80.2 Å². The molecule has 4 fully saturated rings. The molecule has 0 bridgehead atoms. The van der Waals surface area contributed by atoms with Crippen molar-refractivity contribution in [1.82, 2.24) is 0 Å². The van der Waals surface area contributed by atoms with Crippen molar-refractivity contribution in [3.63, 3.8) is 0 Å². The van der Waals surface area contributed by atoms with E-state index < -0.39 is 97.1 Å². The first-order valence-corrected chi connectivity index (χ1v) is 56.3. The molecule has 4 aromatic carbocycles. The maximum Gasteiger partial charge on any atom is 0.348 e. The Morgan fingerprint density at radius 3 is 0.621 bits per heavy atom. The number of alkyl halides is 4. The molecular weight excluding hydrogens is 2120 g/mol. The third kappa shape index (κ3) is 38.9. The lowest BCUT2D eigenvalue weighted by atomic mass is 9.85. The standard InChI is InChI=1S/4C26H33Cl3O5S/c4*1-2-22(30)24(32)14-34-26(33)25-9-7-18(35-25)4-3-5-19-20(23(31)13-21(19)29)8-6-15-10-16(27)12-17(28)11-15/h4*7,9-12,19-24,30-32H,2-6,8,13-14H2,1H3/t19-,20-,21-,22+,23-,24+;19-,20-,21-,22+,23-,24-;19-,20-,21-,22-,23-,24+;19-,20-,21-,22-,23-,24-/m1111/s1. The first-order chi connectivity index (χ1) is 66.7. The Kier molecular flexibility index (Phi) is 52.3. The second-order valence-electron chi connectivity index (χ2n) is 37.1. The number of hydrogen-bond acceptors (Lipinski definition) is 24. The van der Waals surface area contributed by atoms with Crippen LogP contribution in [-0.2, 0) is 70.3 Å². The summed E-state index contributed by atoms with van der Waals surface area (Å²) in [6.45, 7) is 6.07. The number of ether oxygens (including phenoxy) is 4. The first-order valence-electron chi connectivity index (χ1n) is 48.3. The van der Waals surface area contributed by atoms with E-state index in [1.165, 1.54) is 45.3 Å². The van der Waals surface area contributed by atoms with E-state index in [1.54, 1.807) is 76.2 Å². The van der Waals surface area contributed by atoms with Gasteiger partial charge in [0.2, 0.25) is 0 Å². The number of benzene rings is 4. The fourth-order valence-corrected chi connectivity index (χ4v) is 27.1. The average molecular weight is 2260 g/mol. The Labute approximate surface area is 898 Å². The van der Waals surface area contributed by atoms with Crippen LogP contribution in [0.5, 0.6) is 0 Å². The number of carbonyl (C=O) groups excluding carboxylic acids is 4. The number of carbonyl (C=O) groups is 4. The van der Waals surface area contributed by atoms with Crippen LogP contribution in [0.15, 0.2) is 121 Å². The summed E-state index contributed by atoms with van der Waals surface area (Å²) in [5, 5.41) is 125. The van der Waals surface area contributed by atoms with Crippen LogP contribution < -0.4 is 0 Å². The minimum absolute atomic E-state index is 0.0586. The Hall–Kier alpha value is -3.44. The fourth-order valence-electron chi connectivity index (χ4n) is 19.1. The maximum absolute atomic E-state index is 12.2. The molecule has 140 heavy (non-hydrogen) atoms. The molecule has 8 aromatic rings. The van der Waals surface area contributed by atoms with Gasteiger partial charge in [-0.3, -0.25) is 0 Å². The molecule has 4 aromatic heterocycles.